The third-order valence-corrected chi connectivity index (χ3v) is 3.38. The van der Waals surface area contributed by atoms with Crippen molar-refractivity contribution in [2.45, 2.75) is 65.3 Å². The van der Waals surface area contributed by atoms with Crippen molar-refractivity contribution in [1.82, 2.24) is 9.78 Å². The number of nitrogens with one attached hydrogen (secondary N) is 1. The summed E-state index contributed by atoms with van der Waals surface area (Å²) in [4.78, 5) is 0. The van der Waals surface area contributed by atoms with Gasteiger partial charge in [0, 0.05) is 13.1 Å². The van der Waals surface area contributed by atoms with Gasteiger partial charge in [0.2, 0.25) is 0 Å². The number of aromatic nitrogens is 2. The molecule has 18 heavy (non-hydrogen) atoms. The summed E-state index contributed by atoms with van der Waals surface area (Å²) < 4.78 is 1.88. The van der Waals surface area contributed by atoms with E-state index in [1.165, 1.54) is 32.1 Å². The molecule has 1 aromatic rings. The number of anilines is 2. The van der Waals surface area contributed by atoms with Crippen molar-refractivity contribution in [3.8, 4) is 0 Å². The van der Waals surface area contributed by atoms with Crippen molar-refractivity contribution in [3.63, 3.8) is 0 Å². The van der Waals surface area contributed by atoms with Crippen LogP contribution in [0.2, 0.25) is 0 Å². The van der Waals surface area contributed by atoms with Gasteiger partial charge in [-0.05, 0) is 19.3 Å². The smallest absolute Gasteiger partial charge is 0.147 e. The van der Waals surface area contributed by atoms with E-state index in [1.54, 1.807) is 0 Å². The van der Waals surface area contributed by atoms with Crippen LogP contribution in [0.15, 0.2) is 0 Å². The van der Waals surface area contributed by atoms with Gasteiger partial charge in [-0.3, -0.25) is 4.68 Å². The second kappa shape index (κ2) is 7.29. The molecular weight excluding hydrogens is 224 g/mol. The predicted octanol–water partition coefficient (Wildman–Crippen LogP) is 3.34. The molecule has 3 N–H and O–H groups in total. The first-order valence-electron chi connectivity index (χ1n) is 7.21. The molecule has 104 valence electrons. The van der Waals surface area contributed by atoms with Gasteiger partial charge in [-0.1, -0.05) is 40.0 Å². The summed E-state index contributed by atoms with van der Waals surface area (Å²) in [5.41, 5.74) is 7.95. The average molecular weight is 252 g/mol. The van der Waals surface area contributed by atoms with Gasteiger partial charge in [0.15, 0.2) is 0 Å². The Hall–Kier alpha value is -1.19. The number of rotatable bonds is 8. The number of nitrogens with two attached hydrogens (primary N) is 1. The lowest BCUT2D eigenvalue weighted by molar-refractivity contribution is 0.558. The average Bonchev–Trinajstić information content (AvgIpc) is 2.63. The van der Waals surface area contributed by atoms with Gasteiger partial charge in [-0.25, -0.2) is 0 Å². The quantitative estimate of drug-likeness (QED) is 0.746. The van der Waals surface area contributed by atoms with Crippen LogP contribution in [-0.4, -0.2) is 15.8 Å². The molecule has 1 unspecified atom stereocenters. The minimum absolute atomic E-state index is 0.511. The molecule has 0 fully saturated rings. The van der Waals surface area contributed by atoms with Crippen molar-refractivity contribution < 1.29 is 0 Å². The van der Waals surface area contributed by atoms with Crippen molar-refractivity contribution in [2.75, 3.05) is 11.1 Å². The molecule has 0 spiro atoms. The maximum Gasteiger partial charge on any atom is 0.147 e. The third-order valence-electron chi connectivity index (χ3n) is 3.38. The number of nitrogen functional groups attached to an aromatic ring is 1. The first-order valence-corrected chi connectivity index (χ1v) is 7.21. The van der Waals surface area contributed by atoms with Gasteiger partial charge in [-0.15, -0.1) is 0 Å². The van der Waals surface area contributed by atoms with Crippen LogP contribution in [0.1, 0.15) is 58.6 Å². The van der Waals surface area contributed by atoms with Crippen molar-refractivity contribution >= 4 is 11.5 Å². The maximum absolute atomic E-state index is 6.14. The Kier molecular flexibility index (Phi) is 6.02. The van der Waals surface area contributed by atoms with E-state index in [-0.39, 0.29) is 0 Å². The topological polar surface area (TPSA) is 55.9 Å². The maximum atomic E-state index is 6.14. The molecule has 0 amide bonds. The van der Waals surface area contributed by atoms with Crippen molar-refractivity contribution in [3.05, 3.63) is 5.69 Å². The van der Waals surface area contributed by atoms with Crippen LogP contribution < -0.4 is 11.1 Å². The summed E-state index contributed by atoms with van der Waals surface area (Å²) in [6.45, 7) is 6.55. The highest BCUT2D eigenvalue weighted by Gasteiger charge is 2.15. The first kappa shape index (κ1) is 14.9. The Labute approximate surface area is 111 Å². The second-order valence-corrected chi connectivity index (χ2v) is 4.96. The predicted molar refractivity (Wildman–Crippen MR) is 78.8 cm³/mol. The van der Waals surface area contributed by atoms with Crippen LogP contribution in [-0.2, 0) is 13.5 Å². The fraction of sp³-hybridized carbons (Fsp3) is 0.786. The zero-order valence-corrected chi connectivity index (χ0v) is 12.3. The van der Waals surface area contributed by atoms with Crippen LogP contribution in [0, 0.1) is 0 Å². The molecule has 4 heteroatoms. The molecule has 0 aliphatic rings. The third kappa shape index (κ3) is 3.65. The molecular formula is C14H28N4. The molecule has 0 radical (unpaired) electrons. The van der Waals surface area contributed by atoms with E-state index < -0.39 is 0 Å². The standard InChI is InChI=1S/C14H28N4/c1-5-8-10-11(9-6-2)16-14-13(15)12(7-3)17-18(14)4/h11,16H,5-10,15H2,1-4H3. The van der Waals surface area contributed by atoms with E-state index in [4.69, 9.17) is 5.73 Å². The second-order valence-electron chi connectivity index (χ2n) is 4.96. The van der Waals surface area contributed by atoms with Gasteiger partial charge in [0.25, 0.3) is 0 Å². The largest absolute Gasteiger partial charge is 0.394 e. The molecule has 0 bridgehead atoms. The summed E-state index contributed by atoms with van der Waals surface area (Å²) in [6, 6.07) is 0.511. The van der Waals surface area contributed by atoms with Crippen LogP contribution >= 0.6 is 0 Å². The molecule has 1 aromatic heterocycles. The van der Waals surface area contributed by atoms with Gasteiger partial charge >= 0.3 is 0 Å². The Morgan fingerprint density at radius 1 is 1.22 bits per heavy atom. The normalized spacial score (nSPS) is 12.7. The van der Waals surface area contributed by atoms with Gasteiger partial charge < -0.3 is 11.1 Å². The SMILES string of the molecule is CCCCC(CCC)Nc1c(N)c(CC)nn1C. The molecule has 4 nitrogen and oxygen atoms in total. The molecule has 0 aliphatic heterocycles. The van der Waals surface area contributed by atoms with Crippen LogP contribution in [0.5, 0.6) is 0 Å². The minimum Gasteiger partial charge on any atom is -0.394 e. The highest BCUT2D eigenvalue weighted by atomic mass is 15.3. The molecule has 0 saturated heterocycles. The van der Waals surface area contributed by atoms with E-state index in [9.17, 15) is 0 Å². The Morgan fingerprint density at radius 3 is 2.44 bits per heavy atom. The van der Waals surface area contributed by atoms with Crippen LogP contribution in [0.3, 0.4) is 0 Å². The monoisotopic (exact) mass is 252 g/mol. The van der Waals surface area contributed by atoms with Gasteiger partial charge in [-0.2, -0.15) is 5.10 Å². The molecule has 0 aromatic carbocycles. The molecule has 1 atom stereocenters. The summed E-state index contributed by atoms with van der Waals surface area (Å²) in [5.74, 6) is 0.987. The van der Waals surface area contributed by atoms with Crippen LogP contribution in [0.4, 0.5) is 11.5 Å². The lowest BCUT2D eigenvalue weighted by Crippen LogP contribution is -2.21. The van der Waals surface area contributed by atoms with E-state index in [2.05, 4.69) is 31.2 Å². The van der Waals surface area contributed by atoms with Crippen LogP contribution in [0.25, 0.3) is 0 Å². The van der Waals surface area contributed by atoms with Gasteiger partial charge in [0.1, 0.15) is 5.82 Å². The fourth-order valence-corrected chi connectivity index (χ4v) is 2.31. The Morgan fingerprint density at radius 2 is 1.94 bits per heavy atom. The van der Waals surface area contributed by atoms with Crippen molar-refractivity contribution in [1.29, 1.82) is 0 Å². The Bertz CT molecular complexity index is 357. The molecule has 1 rings (SSSR count). The fourth-order valence-electron chi connectivity index (χ4n) is 2.31. The lowest BCUT2D eigenvalue weighted by Gasteiger charge is -2.19. The number of aryl methyl sites for hydroxylation is 2. The summed E-state index contributed by atoms with van der Waals surface area (Å²) >= 11 is 0. The number of unbranched alkanes of at least 4 members (excludes halogenated alkanes) is 1. The van der Waals surface area contributed by atoms with Crippen molar-refractivity contribution in [2.24, 2.45) is 7.05 Å². The molecule has 0 aliphatic carbocycles. The number of hydrogen-bond donors (Lipinski definition) is 2. The zero-order valence-electron chi connectivity index (χ0n) is 12.3. The Balaban J connectivity index is 2.76. The van der Waals surface area contributed by atoms with E-state index in [0.717, 1.165) is 23.6 Å². The van der Waals surface area contributed by atoms with E-state index in [1.807, 2.05) is 11.7 Å². The lowest BCUT2D eigenvalue weighted by atomic mass is 10.1. The minimum atomic E-state index is 0.511. The first-order chi connectivity index (χ1) is 8.63. The number of hydrogen-bond acceptors (Lipinski definition) is 3. The highest BCUT2D eigenvalue weighted by molar-refractivity contribution is 5.65. The number of nitrogens with zero attached hydrogens (tertiary/aromatic N) is 2. The summed E-state index contributed by atoms with van der Waals surface area (Å²) in [5, 5.41) is 8.03. The molecule has 0 saturated carbocycles. The summed E-state index contributed by atoms with van der Waals surface area (Å²) in [7, 11) is 1.96. The summed E-state index contributed by atoms with van der Waals surface area (Å²) in [6.07, 6.45) is 6.97. The van der Waals surface area contributed by atoms with E-state index in [0.29, 0.717) is 6.04 Å². The highest BCUT2D eigenvalue weighted by Crippen LogP contribution is 2.24. The van der Waals surface area contributed by atoms with E-state index >= 15 is 0 Å². The zero-order chi connectivity index (χ0) is 13.5. The van der Waals surface area contributed by atoms with Gasteiger partial charge in [0.05, 0.1) is 11.4 Å². The molecule has 1 heterocycles.